The zero-order valence-corrected chi connectivity index (χ0v) is 21.3. The van der Waals surface area contributed by atoms with Crippen molar-refractivity contribution in [3.8, 4) is 0 Å². The Bertz CT molecular complexity index is 649. The van der Waals surface area contributed by atoms with Crippen LogP contribution in [0.2, 0.25) is 0 Å². The second-order valence-corrected chi connectivity index (χ2v) is 11.4. The van der Waals surface area contributed by atoms with E-state index in [-0.39, 0.29) is 72.3 Å². The predicted octanol–water partition coefficient (Wildman–Crippen LogP) is 0.565. The van der Waals surface area contributed by atoms with Gasteiger partial charge in [-0.3, -0.25) is 4.79 Å². The number of fused-ring (bicyclic) bond motifs is 5. The third-order valence-electron chi connectivity index (χ3n) is 10.3. The van der Waals surface area contributed by atoms with Gasteiger partial charge in [-0.15, -0.1) is 0 Å². The van der Waals surface area contributed by atoms with Crippen LogP contribution in [0, 0.1) is 46.3 Å². The van der Waals surface area contributed by atoms with Gasteiger partial charge in [-0.2, -0.15) is 0 Å². The maximum atomic E-state index is 11.5. The number of aliphatic hydroxyl groups excluding tert-OH is 3. The molecule has 0 aromatic carbocycles. The van der Waals surface area contributed by atoms with Gasteiger partial charge in [0.2, 0.25) is 0 Å². The van der Waals surface area contributed by atoms with E-state index in [9.17, 15) is 20.1 Å². The van der Waals surface area contributed by atoms with E-state index in [1.807, 2.05) is 0 Å². The second kappa shape index (κ2) is 8.95. The van der Waals surface area contributed by atoms with Crippen LogP contribution >= 0.6 is 0 Å². The molecule has 30 heavy (non-hydrogen) atoms. The maximum absolute atomic E-state index is 11.5. The Morgan fingerprint density at radius 2 is 1.77 bits per heavy atom. The average molecular weight is 433 g/mol. The topological polar surface area (TPSA) is 98.0 Å². The fourth-order valence-corrected chi connectivity index (χ4v) is 8.68. The first kappa shape index (κ1) is 25.0. The minimum absolute atomic E-state index is 0. The summed E-state index contributed by atoms with van der Waals surface area (Å²) in [6.45, 7) is 6.72. The molecule has 0 aliphatic heterocycles. The van der Waals surface area contributed by atoms with Gasteiger partial charge < -0.3 is 21.9 Å². The quantitative estimate of drug-likeness (QED) is 0.487. The molecule has 11 atom stereocenters. The van der Waals surface area contributed by atoms with Crippen LogP contribution in [-0.4, -0.2) is 44.7 Å². The first-order valence-electron chi connectivity index (χ1n) is 11.8. The molecular formula is C24H41NaO5. The molecule has 0 spiro atoms. The standard InChI is InChI=1S/C24H40O5.Na.H/c1-13(4-7-21(28)29)16-5-6-17-22-18(12-20(27)24(16,17)3)23(2)9-8-15(25)10-14(23)11-19(22)26;;/h13-20,22,25-27H,4-12H2,1-3H3,(H,28,29);;/q;+1;-1/t13-,14+,15-,16-,17+,18+,19-,20+,22+,23+,24-;;/m1../s1. The van der Waals surface area contributed by atoms with Gasteiger partial charge in [-0.1, -0.05) is 20.8 Å². The number of aliphatic carboxylic acids is 1. The zero-order chi connectivity index (χ0) is 21.1. The van der Waals surface area contributed by atoms with Crippen LogP contribution in [0.1, 0.15) is 80.0 Å². The molecule has 6 heteroatoms. The van der Waals surface area contributed by atoms with Crippen LogP contribution in [0.5, 0.6) is 0 Å². The third-order valence-corrected chi connectivity index (χ3v) is 10.3. The number of rotatable bonds is 4. The normalized spacial score (nSPS) is 51.1. The van der Waals surface area contributed by atoms with Gasteiger partial charge >= 0.3 is 35.5 Å². The van der Waals surface area contributed by atoms with E-state index in [0.717, 1.165) is 44.9 Å². The van der Waals surface area contributed by atoms with Crippen molar-refractivity contribution in [2.24, 2.45) is 46.3 Å². The van der Waals surface area contributed by atoms with Crippen LogP contribution in [0.25, 0.3) is 0 Å². The molecule has 4 saturated carbocycles. The SMILES string of the molecule is C[C@H](CCC(=O)O)[C@H]1CC[C@H]2[C@@H]3[C@H](O)C[C@@H]4C[C@H](O)CC[C@]4(C)[C@H]3C[C@H](O)[C@]12C.[H-].[Na+]. The summed E-state index contributed by atoms with van der Waals surface area (Å²) >= 11 is 0. The Labute approximate surface area is 204 Å². The minimum atomic E-state index is -0.748. The summed E-state index contributed by atoms with van der Waals surface area (Å²) in [5.41, 5.74) is -0.143. The Morgan fingerprint density at radius 3 is 2.43 bits per heavy atom. The molecule has 4 aliphatic rings. The number of carbonyl (C=O) groups is 1. The Balaban J connectivity index is 0.00000171. The summed E-state index contributed by atoms with van der Waals surface area (Å²) in [6.07, 6.45) is 6.00. The van der Waals surface area contributed by atoms with E-state index in [4.69, 9.17) is 5.11 Å². The van der Waals surface area contributed by atoms with E-state index in [1.54, 1.807) is 0 Å². The second-order valence-electron chi connectivity index (χ2n) is 11.4. The van der Waals surface area contributed by atoms with Crippen molar-refractivity contribution in [1.29, 1.82) is 0 Å². The summed E-state index contributed by atoms with van der Waals surface area (Å²) in [5, 5.41) is 42.0. The van der Waals surface area contributed by atoms with E-state index in [1.165, 1.54) is 0 Å². The summed E-state index contributed by atoms with van der Waals surface area (Å²) in [7, 11) is 0. The van der Waals surface area contributed by atoms with E-state index < -0.39 is 12.1 Å². The van der Waals surface area contributed by atoms with Gasteiger partial charge in [0.15, 0.2) is 0 Å². The molecule has 0 amide bonds. The maximum Gasteiger partial charge on any atom is 1.00 e. The number of carboxylic acids is 1. The van der Waals surface area contributed by atoms with Crippen molar-refractivity contribution in [3.05, 3.63) is 0 Å². The van der Waals surface area contributed by atoms with E-state index in [0.29, 0.717) is 30.1 Å². The van der Waals surface area contributed by atoms with Crippen LogP contribution in [0.3, 0.4) is 0 Å². The average Bonchev–Trinajstić information content (AvgIpc) is 3.01. The number of aliphatic hydroxyl groups is 3. The molecular weight excluding hydrogens is 391 g/mol. The number of carboxylic acid groups (broad SMARTS) is 1. The molecule has 4 fully saturated rings. The van der Waals surface area contributed by atoms with Crippen LogP contribution in [0.15, 0.2) is 0 Å². The molecule has 0 bridgehead atoms. The van der Waals surface area contributed by atoms with Crippen LogP contribution < -0.4 is 29.6 Å². The Kier molecular flexibility index (Phi) is 7.45. The predicted molar refractivity (Wildman–Crippen MR) is 111 cm³/mol. The molecule has 0 saturated heterocycles. The van der Waals surface area contributed by atoms with Crippen LogP contribution in [0.4, 0.5) is 0 Å². The Hall–Kier alpha value is 0.350. The van der Waals surface area contributed by atoms with Crippen molar-refractivity contribution in [2.75, 3.05) is 0 Å². The van der Waals surface area contributed by atoms with Gasteiger partial charge in [-0.05, 0) is 97.7 Å². The van der Waals surface area contributed by atoms with Gasteiger partial charge in [-0.25, -0.2) is 0 Å². The van der Waals surface area contributed by atoms with Gasteiger partial charge in [0, 0.05) is 6.42 Å². The summed E-state index contributed by atoms with van der Waals surface area (Å²) in [4.78, 5) is 11.1. The van der Waals surface area contributed by atoms with E-state index in [2.05, 4.69) is 20.8 Å². The number of hydrogen-bond acceptors (Lipinski definition) is 4. The van der Waals surface area contributed by atoms with Crippen molar-refractivity contribution < 1.29 is 56.2 Å². The smallest absolute Gasteiger partial charge is 1.00 e. The third kappa shape index (κ3) is 3.84. The van der Waals surface area contributed by atoms with E-state index >= 15 is 0 Å². The zero-order valence-electron chi connectivity index (χ0n) is 20.3. The van der Waals surface area contributed by atoms with Crippen LogP contribution in [-0.2, 0) is 4.79 Å². The van der Waals surface area contributed by atoms with Crippen molar-refractivity contribution in [1.82, 2.24) is 0 Å². The van der Waals surface area contributed by atoms with Gasteiger partial charge in [0.25, 0.3) is 0 Å². The molecule has 0 heterocycles. The first-order chi connectivity index (χ1) is 13.6. The van der Waals surface area contributed by atoms with Gasteiger partial charge in [0.05, 0.1) is 18.3 Å². The fraction of sp³-hybridized carbons (Fsp3) is 0.958. The molecule has 5 nitrogen and oxygen atoms in total. The largest absolute Gasteiger partial charge is 1.00 e. The monoisotopic (exact) mass is 432 g/mol. The fourth-order valence-electron chi connectivity index (χ4n) is 8.68. The summed E-state index contributed by atoms with van der Waals surface area (Å²) < 4.78 is 0. The molecule has 4 aliphatic carbocycles. The molecule has 4 rings (SSSR count). The molecule has 0 radical (unpaired) electrons. The molecule has 0 aromatic heterocycles. The molecule has 0 aromatic rings. The van der Waals surface area contributed by atoms with Gasteiger partial charge in [0.1, 0.15) is 0 Å². The molecule has 0 unspecified atom stereocenters. The van der Waals surface area contributed by atoms with Crippen molar-refractivity contribution >= 4 is 5.97 Å². The van der Waals surface area contributed by atoms with Crippen molar-refractivity contribution in [2.45, 2.75) is 96.9 Å². The molecule has 168 valence electrons. The Morgan fingerprint density at radius 1 is 1.07 bits per heavy atom. The molecule has 4 N–H and O–H groups in total. The summed E-state index contributed by atoms with van der Waals surface area (Å²) in [5.74, 6) is 0.997. The minimum Gasteiger partial charge on any atom is -1.00 e. The first-order valence-corrected chi connectivity index (χ1v) is 11.8. The number of hydrogen-bond donors (Lipinski definition) is 4. The van der Waals surface area contributed by atoms with Crippen molar-refractivity contribution in [3.63, 3.8) is 0 Å². The summed E-state index contributed by atoms with van der Waals surface area (Å²) in [6, 6.07) is 0.